The van der Waals surface area contributed by atoms with Crippen LogP contribution in [0.3, 0.4) is 0 Å². The third-order valence-electron chi connectivity index (χ3n) is 4.35. The van der Waals surface area contributed by atoms with E-state index in [-0.39, 0.29) is 11.8 Å². The van der Waals surface area contributed by atoms with Gasteiger partial charge in [0.2, 0.25) is 0 Å². The van der Waals surface area contributed by atoms with Crippen molar-refractivity contribution in [2.75, 3.05) is 26.2 Å². The number of benzene rings is 1. The molecule has 2 amide bonds. The maximum absolute atomic E-state index is 12.6. The number of carbonyl (C=O) groups excluding carboxylic acids is 2. The fourth-order valence-electron chi connectivity index (χ4n) is 3.04. The van der Waals surface area contributed by atoms with E-state index in [9.17, 15) is 9.59 Å². The van der Waals surface area contributed by atoms with Gasteiger partial charge in [-0.3, -0.25) is 9.59 Å². The minimum absolute atomic E-state index is 0.00772. The SMILES string of the molecule is CCN(CC)C(=O)c1cccc(C(=O)N2CCCC(C)C2)c1. The van der Waals surface area contributed by atoms with Crippen molar-refractivity contribution in [2.24, 2.45) is 5.92 Å². The average Bonchev–Trinajstić information content (AvgIpc) is 2.55. The van der Waals surface area contributed by atoms with Crippen LogP contribution in [-0.4, -0.2) is 47.8 Å². The molecule has 0 radical (unpaired) electrons. The monoisotopic (exact) mass is 302 g/mol. The van der Waals surface area contributed by atoms with E-state index < -0.39 is 0 Å². The van der Waals surface area contributed by atoms with Gasteiger partial charge >= 0.3 is 0 Å². The van der Waals surface area contributed by atoms with Crippen LogP contribution in [0.2, 0.25) is 0 Å². The van der Waals surface area contributed by atoms with E-state index in [0.717, 1.165) is 19.5 Å². The van der Waals surface area contributed by atoms with Gasteiger partial charge < -0.3 is 9.80 Å². The second-order valence-corrected chi connectivity index (χ2v) is 6.06. The van der Waals surface area contributed by atoms with Gasteiger partial charge in [-0.15, -0.1) is 0 Å². The molecule has 1 aromatic rings. The molecule has 1 heterocycles. The molecule has 2 rings (SSSR count). The van der Waals surface area contributed by atoms with E-state index in [1.807, 2.05) is 18.7 Å². The summed E-state index contributed by atoms with van der Waals surface area (Å²) >= 11 is 0. The van der Waals surface area contributed by atoms with Gasteiger partial charge in [-0.25, -0.2) is 0 Å². The summed E-state index contributed by atoms with van der Waals surface area (Å²) in [6.45, 7) is 9.09. The first-order valence-electron chi connectivity index (χ1n) is 8.25. The zero-order chi connectivity index (χ0) is 16.1. The topological polar surface area (TPSA) is 40.6 Å². The van der Waals surface area contributed by atoms with E-state index in [0.29, 0.717) is 30.1 Å². The molecule has 4 nitrogen and oxygen atoms in total. The number of nitrogens with zero attached hydrogens (tertiary/aromatic N) is 2. The van der Waals surface area contributed by atoms with E-state index in [4.69, 9.17) is 0 Å². The molecule has 0 bridgehead atoms. The number of hydrogen-bond donors (Lipinski definition) is 0. The molecule has 0 saturated carbocycles. The minimum Gasteiger partial charge on any atom is -0.339 e. The van der Waals surface area contributed by atoms with Gasteiger partial charge in [0, 0.05) is 37.3 Å². The quantitative estimate of drug-likeness (QED) is 0.857. The molecule has 0 N–H and O–H groups in total. The van der Waals surface area contributed by atoms with Crippen molar-refractivity contribution in [3.8, 4) is 0 Å². The lowest BCUT2D eigenvalue weighted by Gasteiger charge is -2.31. The van der Waals surface area contributed by atoms with Crippen molar-refractivity contribution in [3.05, 3.63) is 35.4 Å². The maximum Gasteiger partial charge on any atom is 0.253 e. The highest BCUT2D eigenvalue weighted by Crippen LogP contribution is 2.18. The van der Waals surface area contributed by atoms with Crippen LogP contribution >= 0.6 is 0 Å². The summed E-state index contributed by atoms with van der Waals surface area (Å²) in [5, 5.41) is 0. The van der Waals surface area contributed by atoms with Crippen molar-refractivity contribution in [1.82, 2.24) is 9.80 Å². The van der Waals surface area contributed by atoms with E-state index in [2.05, 4.69) is 6.92 Å². The Morgan fingerprint density at radius 1 is 1.23 bits per heavy atom. The number of rotatable bonds is 4. The molecule has 4 heteroatoms. The fraction of sp³-hybridized carbons (Fsp3) is 0.556. The van der Waals surface area contributed by atoms with E-state index >= 15 is 0 Å². The zero-order valence-corrected chi connectivity index (χ0v) is 13.8. The van der Waals surface area contributed by atoms with Crippen molar-refractivity contribution in [1.29, 1.82) is 0 Å². The Labute approximate surface area is 133 Å². The first-order valence-corrected chi connectivity index (χ1v) is 8.25. The third kappa shape index (κ3) is 3.67. The van der Waals surface area contributed by atoms with Gasteiger partial charge in [0.1, 0.15) is 0 Å². The number of hydrogen-bond acceptors (Lipinski definition) is 2. The molecule has 1 aliphatic heterocycles. The molecule has 120 valence electrons. The van der Waals surface area contributed by atoms with Crippen LogP contribution in [-0.2, 0) is 0 Å². The number of piperidine rings is 1. The van der Waals surface area contributed by atoms with E-state index in [1.54, 1.807) is 29.2 Å². The molecule has 1 atom stereocenters. The van der Waals surface area contributed by atoms with Crippen LogP contribution in [0, 0.1) is 5.92 Å². The van der Waals surface area contributed by atoms with E-state index in [1.165, 1.54) is 6.42 Å². The summed E-state index contributed by atoms with van der Waals surface area (Å²) in [6.07, 6.45) is 2.25. The van der Waals surface area contributed by atoms with Gasteiger partial charge in [-0.05, 0) is 50.8 Å². The Kier molecular flexibility index (Phi) is 5.58. The Hall–Kier alpha value is -1.84. The average molecular weight is 302 g/mol. The standard InChI is InChI=1S/C18H26N2O2/c1-4-19(5-2)17(21)15-9-6-10-16(12-15)18(22)20-11-7-8-14(3)13-20/h6,9-10,12,14H,4-5,7-8,11,13H2,1-3H3. The zero-order valence-electron chi connectivity index (χ0n) is 13.8. The number of likely N-dealkylation sites (tertiary alicyclic amines) is 1. The van der Waals surface area contributed by atoms with Crippen LogP contribution in [0.5, 0.6) is 0 Å². The summed E-state index contributed by atoms with van der Waals surface area (Å²) in [7, 11) is 0. The molecule has 0 aromatic heterocycles. The van der Waals surface area contributed by atoms with Gasteiger partial charge in [-0.1, -0.05) is 13.0 Å². The first-order chi connectivity index (χ1) is 10.6. The lowest BCUT2D eigenvalue weighted by molar-refractivity contribution is 0.0683. The smallest absolute Gasteiger partial charge is 0.253 e. The number of carbonyl (C=O) groups is 2. The predicted octanol–water partition coefficient (Wildman–Crippen LogP) is 3.04. The third-order valence-corrected chi connectivity index (χ3v) is 4.35. The van der Waals surface area contributed by atoms with Gasteiger partial charge in [0.05, 0.1) is 0 Å². The first kappa shape index (κ1) is 16.5. The number of amides is 2. The second kappa shape index (κ2) is 7.43. The molecular weight excluding hydrogens is 276 g/mol. The molecule has 1 fully saturated rings. The predicted molar refractivity (Wildman–Crippen MR) is 88.0 cm³/mol. The Morgan fingerprint density at radius 2 is 1.91 bits per heavy atom. The molecule has 1 unspecified atom stereocenters. The molecule has 1 aliphatic rings. The Morgan fingerprint density at radius 3 is 2.55 bits per heavy atom. The second-order valence-electron chi connectivity index (χ2n) is 6.06. The van der Waals surface area contributed by atoms with Crippen LogP contribution in [0.4, 0.5) is 0 Å². The molecule has 0 spiro atoms. The lowest BCUT2D eigenvalue weighted by Crippen LogP contribution is -2.39. The normalized spacial score (nSPS) is 18.1. The van der Waals surface area contributed by atoms with Crippen molar-refractivity contribution >= 4 is 11.8 Å². The molecular formula is C18H26N2O2. The van der Waals surface area contributed by atoms with Crippen molar-refractivity contribution < 1.29 is 9.59 Å². The molecule has 0 aliphatic carbocycles. The molecule has 22 heavy (non-hydrogen) atoms. The minimum atomic E-state index is -0.00772. The maximum atomic E-state index is 12.6. The van der Waals surface area contributed by atoms with Gasteiger partial charge in [-0.2, -0.15) is 0 Å². The van der Waals surface area contributed by atoms with Crippen molar-refractivity contribution in [2.45, 2.75) is 33.6 Å². The van der Waals surface area contributed by atoms with Crippen LogP contribution in [0.25, 0.3) is 0 Å². The highest BCUT2D eigenvalue weighted by molar-refractivity contribution is 5.99. The van der Waals surface area contributed by atoms with Gasteiger partial charge in [0.15, 0.2) is 0 Å². The lowest BCUT2D eigenvalue weighted by atomic mass is 9.99. The summed E-state index contributed by atoms with van der Waals surface area (Å²) in [5.74, 6) is 0.589. The van der Waals surface area contributed by atoms with Crippen LogP contribution < -0.4 is 0 Å². The summed E-state index contributed by atoms with van der Waals surface area (Å²) in [4.78, 5) is 28.7. The van der Waals surface area contributed by atoms with Gasteiger partial charge in [0.25, 0.3) is 11.8 Å². The highest BCUT2D eigenvalue weighted by Gasteiger charge is 2.23. The highest BCUT2D eigenvalue weighted by atomic mass is 16.2. The molecule has 1 aromatic carbocycles. The summed E-state index contributed by atoms with van der Waals surface area (Å²) < 4.78 is 0. The molecule has 1 saturated heterocycles. The summed E-state index contributed by atoms with van der Waals surface area (Å²) in [6, 6.07) is 7.14. The van der Waals surface area contributed by atoms with Crippen LogP contribution in [0.1, 0.15) is 54.3 Å². The largest absolute Gasteiger partial charge is 0.339 e. The summed E-state index contributed by atoms with van der Waals surface area (Å²) in [5.41, 5.74) is 1.21. The fourth-order valence-corrected chi connectivity index (χ4v) is 3.04. The van der Waals surface area contributed by atoms with Crippen molar-refractivity contribution in [3.63, 3.8) is 0 Å². The Balaban J connectivity index is 2.17. The Bertz CT molecular complexity index is 538. The van der Waals surface area contributed by atoms with Crippen LogP contribution in [0.15, 0.2) is 24.3 Å².